The number of rotatable bonds is 3. The molecular weight excluding hydrogens is 208 g/mol. The first-order chi connectivity index (χ1) is 8.38. The molecular formula is C15H12N2. The lowest BCUT2D eigenvalue weighted by Crippen LogP contribution is -1.85. The first kappa shape index (κ1) is 11.1. The number of hydrogen-bond acceptors (Lipinski definition) is 2. The third-order valence-corrected chi connectivity index (χ3v) is 2.37. The molecule has 2 heteroatoms. The van der Waals surface area contributed by atoms with Crippen molar-refractivity contribution in [2.45, 2.75) is 6.54 Å². The Labute approximate surface area is 101 Å². The maximum atomic E-state index is 8.77. The molecule has 0 aliphatic rings. The molecule has 0 unspecified atom stereocenters. The zero-order valence-electron chi connectivity index (χ0n) is 9.38. The monoisotopic (exact) mass is 220 g/mol. The van der Waals surface area contributed by atoms with Gasteiger partial charge in [-0.25, -0.2) is 0 Å². The number of benzene rings is 2. The minimum Gasteiger partial charge on any atom is -0.288 e. The maximum Gasteiger partial charge on any atom is 0.0991 e. The van der Waals surface area contributed by atoms with Crippen molar-refractivity contribution in [2.24, 2.45) is 4.99 Å². The molecule has 0 saturated carbocycles. The van der Waals surface area contributed by atoms with Crippen molar-refractivity contribution < 1.29 is 0 Å². The van der Waals surface area contributed by atoms with E-state index in [0.29, 0.717) is 12.1 Å². The first-order valence-corrected chi connectivity index (χ1v) is 5.42. The van der Waals surface area contributed by atoms with E-state index in [9.17, 15) is 0 Å². The lowest BCUT2D eigenvalue weighted by atomic mass is 10.1. The molecule has 82 valence electrons. The molecule has 2 rings (SSSR count). The first-order valence-electron chi connectivity index (χ1n) is 5.42. The molecule has 0 fully saturated rings. The molecule has 0 aliphatic carbocycles. The fourth-order valence-electron chi connectivity index (χ4n) is 1.53. The third-order valence-electron chi connectivity index (χ3n) is 2.37. The zero-order chi connectivity index (χ0) is 11.9. The Kier molecular flexibility index (Phi) is 3.67. The number of nitriles is 1. The second kappa shape index (κ2) is 5.62. The molecule has 0 bridgehead atoms. The third kappa shape index (κ3) is 3.29. The number of nitrogens with zero attached hydrogens (tertiary/aromatic N) is 2. The van der Waals surface area contributed by atoms with E-state index in [4.69, 9.17) is 5.26 Å². The van der Waals surface area contributed by atoms with Gasteiger partial charge >= 0.3 is 0 Å². The van der Waals surface area contributed by atoms with Crippen LogP contribution in [-0.4, -0.2) is 6.21 Å². The van der Waals surface area contributed by atoms with E-state index in [1.54, 1.807) is 12.3 Å². The lowest BCUT2D eigenvalue weighted by Gasteiger charge is -1.96. The van der Waals surface area contributed by atoms with Crippen LogP contribution in [-0.2, 0) is 6.54 Å². The molecule has 0 heterocycles. The van der Waals surface area contributed by atoms with Gasteiger partial charge in [0.1, 0.15) is 0 Å². The lowest BCUT2D eigenvalue weighted by molar-refractivity contribution is 1.08. The second-order valence-corrected chi connectivity index (χ2v) is 3.69. The molecule has 17 heavy (non-hydrogen) atoms. The second-order valence-electron chi connectivity index (χ2n) is 3.69. The largest absolute Gasteiger partial charge is 0.288 e. The molecule has 0 aromatic heterocycles. The number of hydrogen-bond donors (Lipinski definition) is 0. The van der Waals surface area contributed by atoms with Crippen LogP contribution in [0, 0.1) is 11.3 Å². The Morgan fingerprint density at radius 2 is 1.88 bits per heavy atom. The van der Waals surface area contributed by atoms with E-state index in [1.807, 2.05) is 48.5 Å². The molecule has 0 N–H and O–H groups in total. The fourth-order valence-corrected chi connectivity index (χ4v) is 1.53. The van der Waals surface area contributed by atoms with Gasteiger partial charge in [-0.3, -0.25) is 4.99 Å². The van der Waals surface area contributed by atoms with Crippen LogP contribution in [0.1, 0.15) is 16.7 Å². The van der Waals surface area contributed by atoms with E-state index in [2.05, 4.69) is 11.1 Å². The summed E-state index contributed by atoms with van der Waals surface area (Å²) in [7, 11) is 0. The SMILES string of the molecule is N#Cc1cccc(C=NCc2ccccc2)c1. The molecule has 0 atom stereocenters. The molecule has 0 amide bonds. The molecule has 0 aliphatic heterocycles. The summed E-state index contributed by atoms with van der Waals surface area (Å²) in [5.41, 5.74) is 2.80. The predicted octanol–water partition coefficient (Wildman–Crippen LogP) is 3.18. The van der Waals surface area contributed by atoms with E-state index in [-0.39, 0.29) is 0 Å². The van der Waals surface area contributed by atoms with Crippen molar-refractivity contribution in [3.8, 4) is 6.07 Å². The molecule has 2 aromatic rings. The highest BCUT2D eigenvalue weighted by Crippen LogP contribution is 2.03. The van der Waals surface area contributed by atoms with Crippen molar-refractivity contribution >= 4 is 6.21 Å². The van der Waals surface area contributed by atoms with Crippen LogP contribution in [0.2, 0.25) is 0 Å². The van der Waals surface area contributed by atoms with E-state index >= 15 is 0 Å². The summed E-state index contributed by atoms with van der Waals surface area (Å²) >= 11 is 0. The topological polar surface area (TPSA) is 36.1 Å². The predicted molar refractivity (Wildman–Crippen MR) is 68.9 cm³/mol. The van der Waals surface area contributed by atoms with Crippen LogP contribution in [0.15, 0.2) is 59.6 Å². The Balaban J connectivity index is 2.04. The van der Waals surface area contributed by atoms with Gasteiger partial charge in [0, 0.05) is 6.21 Å². The zero-order valence-corrected chi connectivity index (χ0v) is 9.38. The van der Waals surface area contributed by atoms with Gasteiger partial charge in [-0.2, -0.15) is 5.26 Å². The summed E-state index contributed by atoms with van der Waals surface area (Å²) in [5.74, 6) is 0. The normalized spacial score (nSPS) is 10.3. The summed E-state index contributed by atoms with van der Waals surface area (Å²) in [6.07, 6.45) is 1.80. The van der Waals surface area contributed by atoms with E-state index in [0.717, 1.165) is 5.56 Å². The summed E-state index contributed by atoms with van der Waals surface area (Å²) in [6.45, 7) is 0.664. The van der Waals surface area contributed by atoms with Crippen LogP contribution in [0.3, 0.4) is 0 Å². The van der Waals surface area contributed by atoms with Crippen LogP contribution < -0.4 is 0 Å². The molecule has 0 saturated heterocycles. The van der Waals surface area contributed by atoms with Crippen LogP contribution in [0.5, 0.6) is 0 Å². The minimum absolute atomic E-state index is 0.661. The van der Waals surface area contributed by atoms with Gasteiger partial charge in [-0.15, -0.1) is 0 Å². The van der Waals surface area contributed by atoms with Gasteiger partial charge < -0.3 is 0 Å². The fraction of sp³-hybridized carbons (Fsp3) is 0.0667. The highest BCUT2D eigenvalue weighted by molar-refractivity contribution is 5.80. The van der Waals surface area contributed by atoms with Gasteiger partial charge in [0.25, 0.3) is 0 Å². The maximum absolute atomic E-state index is 8.77. The van der Waals surface area contributed by atoms with Gasteiger partial charge in [-0.05, 0) is 23.3 Å². The average molecular weight is 220 g/mol. The molecule has 2 aromatic carbocycles. The molecule has 0 spiro atoms. The highest BCUT2D eigenvalue weighted by Gasteiger charge is 1.91. The summed E-state index contributed by atoms with van der Waals surface area (Å²) < 4.78 is 0. The summed E-state index contributed by atoms with van der Waals surface area (Å²) in [4.78, 5) is 4.35. The standard InChI is InChI=1S/C15H12N2/c16-10-14-7-4-8-15(9-14)12-17-11-13-5-2-1-3-6-13/h1-9,12H,11H2. The quantitative estimate of drug-likeness (QED) is 0.732. The van der Waals surface area contributed by atoms with Crippen molar-refractivity contribution in [1.29, 1.82) is 5.26 Å². The Bertz CT molecular complexity index is 551. The van der Waals surface area contributed by atoms with Gasteiger partial charge in [0.05, 0.1) is 18.2 Å². The van der Waals surface area contributed by atoms with Gasteiger partial charge in [0.2, 0.25) is 0 Å². The van der Waals surface area contributed by atoms with Crippen LogP contribution in [0.4, 0.5) is 0 Å². The van der Waals surface area contributed by atoms with Crippen molar-refractivity contribution in [2.75, 3.05) is 0 Å². The van der Waals surface area contributed by atoms with Crippen molar-refractivity contribution in [3.05, 3.63) is 71.3 Å². The van der Waals surface area contributed by atoms with Crippen molar-refractivity contribution in [1.82, 2.24) is 0 Å². The molecule has 2 nitrogen and oxygen atoms in total. The average Bonchev–Trinajstić information content (AvgIpc) is 2.40. The smallest absolute Gasteiger partial charge is 0.0991 e. The Morgan fingerprint density at radius 3 is 2.65 bits per heavy atom. The minimum atomic E-state index is 0.661. The van der Waals surface area contributed by atoms with E-state index < -0.39 is 0 Å². The van der Waals surface area contributed by atoms with Gasteiger partial charge in [0.15, 0.2) is 0 Å². The summed E-state index contributed by atoms with van der Waals surface area (Å²) in [6, 6.07) is 19.6. The van der Waals surface area contributed by atoms with Crippen molar-refractivity contribution in [3.63, 3.8) is 0 Å². The summed E-state index contributed by atoms with van der Waals surface area (Å²) in [5, 5.41) is 8.77. The van der Waals surface area contributed by atoms with Gasteiger partial charge in [-0.1, -0.05) is 42.5 Å². The Morgan fingerprint density at radius 1 is 1.06 bits per heavy atom. The van der Waals surface area contributed by atoms with E-state index in [1.165, 1.54) is 5.56 Å². The Hall–Kier alpha value is -2.40. The highest BCUT2D eigenvalue weighted by atomic mass is 14.7. The van der Waals surface area contributed by atoms with Crippen LogP contribution >= 0.6 is 0 Å². The van der Waals surface area contributed by atoms with Crippen LogP contribution in [0.25, 0.3) is 0 Å². The molecule has 0 radical (unpaired) electrons. The number of aliphatic imine (C=N–C) groups is 1.